The second-order valence-corrected chi connectivity index (χ2v) is 8.51. The lowest BCUT2D eigenvalue weighted by Crippen LogP contribution is -2.22. The van der Waals surface area contributed by atoms with Crippen LogP contribution in [0.4, 0.5) is 0 Å². The van der Waals surface area contributed by atoms with Gasteiger partial charge in [0.15, 0.2) is 0 Å². The summed E-state index contributed by atoms with van der Waals surface area (Å²) in [6.07, 6.45) is 6.37. The predicted octanol–water partition coefficient (Wildman–Crippen LogP) is 3.38. The molecule has 2 atom stereocenters. The van der Waals surface area contributed by atoms with E-state index in [0.29, 0.717) is 18.1 Å². The minimum atomic E-state index is -1.26. The average molecular weight is 398 g/mol. The van der Waals surface area contributed by atoms with Gasteiger partial charge in [0, 0.05) is 47.5 Å². The van der Waals surface area contributed by atoms with Crippen molar-refractivity contribution in [2.45, 2.75) is 37.6 Å². The van der Waals surface area contributed by atoms with Crippen molar-refractivity contribution >= 4 is 23.3 Å². The van der Waals surface area contributed by atoms with E-state index in [2.05, 4.69) is 29.2 Å². The molecule has 6 nitrogen and oxygen atoms in total. The molecule has 0 radical (unpaired) electrons. The van der Waals surface area contributed by atoms with Crippen LogP contribution in [0.5, 0.6) is 0 Å². The number of aromatic nitrogens is 1. The van der Waals surface area contributed by atoms with Gasteiger partial charge in [-0.1, -0.05) is 24.3 Å². The Hall–Kier alpha value is -2.51. The van der Waals surface area contributed by atoms with E-state index in [1.807, 2.05) is 11.3 Å². The Kier molecular flexibility index (Phi) is 5.28. The Balaban J connectivity index is 0.000000208. The zero-order valence-corrected chi connectivity index (χ0v) is 16.2. The van der Waals surface area contributed by atoms with E-state index < -0.39 is 11.9 Å². The molecule has 146 valence electrons. The highest BCUT2D eigenvalue weighted by molar-refractivity contribution is 7.12. The molecule has 1 aliphatic carbocycles. The van der Waals surface area contributed by atoms with Crippen LogP contribution >= 0.6 is 11.3 Å². The number of nitrogens with zero attached hydrogens (tertiary/aromatic N) is 2. The summed E-state index contributed by atoms with van der Waals surface area (Å²) in [6, 6.07) is 9.61. The number of fused-ring (bicyclic) bond motifs is 4. The number of carbonyl (C=O) groups is 2. The van der Waals surface area contributed by atoms with Crippen molar-refractivity contribution in [3.8, 4) is 11.3 Å². The van der Waals surface area contributed by atoms with Crippen LogP contribution in [0.2, 0.25) is 0 Å². The smallest absolute Gasteiger partial charge is 0.328 e. The third-order valence-corrected chi connectivity index (χ3v) is 6.78. The van der Waals surface area contributed by atoms with Crippen LogP contribution in [0.1, 0.15) is 40.6 Å². The highest BCUT2D eigenvalue weighted by Crippen LogP contribution is 2.44. The molecule has 3 heterocycles. The van der Waals surface area contributed by atoms with Gasteiger partial charge in [-0.15, -0.1) is 11.3 Å². The molecule has 1 aromatic carbocycles. The standard InChI is InChI=1S/C17H18N2S.C4H4O4/c1-2-6-14-11(4-1)9-15-16(14)18-17(20-15)12-8-13-5-3-7-19(13)10-12;5-3(6)1-2-4(7)8/h1-2,4,6,12-13H,3,5,7-10H2;1-2H,(H,5,6)(H,7,8)/t12-,13+;/m0./s1. The van der Waals surface area contributed by atoms with Crippen LogP contribution in [-0.4, -0.2) is 51.2 Å². The van der Waals surface area contributed by atoms with Crippen molar-refractivity contribution in [2.75, 3.05) is 13.1 Å². The van der Waals surface area contributed by atoms with Crippen LogP contribution in [0.3, 0.4) is 0 Å². The fourth-order valence-corrected chi connectivity index (χ4v) is 5.57. The van der Waals surface area contributed by atoms with E-state index in [9.17, 15) is 9.59 Å². The maximum atomic E-state index is 9.55. The largest absolute Gasteiger partial charge is 0.478 e. The molecule has 2 N–H and O–H groups in total. The third-order valence-electron chi connectivity index (χ3n) is 5.57. The van der Waals surface area contributed by atoms with Gasteiger partial charge in [0.2, 0.25) is 0 Å². The van der Waals surface area contributed by atoms with Gasteiger partial charge in [-0.2, -0.15) is 0 Å². The molecule has 1 aromatic heterocycles. The first-order valence-electron chi connectivity index (χ1n) is 9.47. The zero-order chi connectivity index (χ0) is 19.7. The van der Waals surface area contributed by atoms with Crippen molar-refractivity contribution in [1.29, 1.82) is 0 Å². The highest BCUT2D eigenvalue weighted by Gasteiger charge is 2.38. The summed E-state index contributed by atoms with van der Waals surface area (Å²) >= 11 is 1.98. The van der Waals surface area contributed by atoms with E-state index in [1.165, 1.54) is 59.1 Å². The molecular formula is C21H22N2O4S. The summed E-state index contributed by atoms with van der Waals surface area (Å²) in [6.45, 7) is 2.56. The molecule has 28 heavy (non-hydrogen) atoms. The van der Waals surface area contributed by atoms with Crippen LogP contribution < -0.4 is 0 Å². The Morgan fingerprint density at radius 2 is 1.93 bits per heavy atom. The molecular weight excluding hydrogens is 376 g/mol. The van der Waals surface area contributed by atoms with Crippen molar-refractivity contribution in [2.24, 2.45) is 0 Å². The number of carboxylic acid groups (broad SMARTS) is 2. The second kappa shape index (κ2) is 7.85. The Morgan fingerprint density at radius 1 is 1.18 bits per heavy atom. The van der Waals surface area contributed by atoms with E-state index in [1.54, 1.807) is 0 Å². The first-order chi connectivity index (χ1) is 13.5. The van der Waals surface area contributed by atoms with Crippen LogP contribution in [0.15, 0.2) is 36.4 Å². The fourth-order valence-electron chi connectivity index (χ4n) is 4.36. The predicted molar refractivity (Wildman–Crippen MR) is 107 cm³/mol. The quantitative estimate of drug-likeness (QED) is 0.658. The highest BCUT2D eigenvalue weighted by atomic mass is 32.1. The van der Waals surface area contributed by atoms with E-state index in [-0.39, 0.29) is 0 Å². The maximum Gasteiger partial charge on any atom is 0.328 e. The van der Waals surface area contributed by atoms with E-state index in [4.69, 9.17) is 15.2 Å². The van der Waals surface area contributed by atoms with Gasteiger partial charge in [0.25, 0.3) is 0 Å². The minimum Gasteiger partial charge on any atom is -0.478 e. The first kappa shape index (κ1) is 18.8. The van der Waals surface area contributed by atoms with Gasteiger partial charge >= 0.3 is 11.9 Å². The van der Waals surface area contributed by atoms with Gasteiger partial charge in [0.1, 0.15) is 0 Å². The number of hydrogen-bond donors (Lipinski definition) is 2. The molecule has 3 aliphatic rings. The van der Waals surface area contributed by atoms with Crippen molar-refractivity contribution in [3.05, 3.63) is 51.9 Å². The van der Waals surface area contributed by atoms with Gasteiger partial charge < -0.3 is 10.2 Å². The molecule has 0 amide bonds. The molecule has 2 saturated heterocycles. The maximum absolute atomic E-state index is 9.55. The summed E-state index contributed by atoms with van der Waals surface area (Å²) in [4.78, 5) is 28.3. The fraction of sp³-hybridized carbons (Fsp3) is 0.381. The third kappa shape index (κ3) is 3.86. The first-order valence-corrected chi connectivity index (χ1v) is 10.3. The molecule has 5 rings (SSSR count). The summed E-state index contributed by atoms with van der Waals surface area (Å²) < 4.78 is 0. The molecule has 2 aromatic rings. The zero-order valence-electron chi connectivity index (χ0n) is 15.4. The number of carboxylic acids is 2. The van der Waals surface area contributed by atoms with Crippen LogP contribution in [-0.2, 0) is 16.0 Å². The normalized spacial score (nSPS) is 22.4. The summed E-state index contributed by atoms with van der Waals surface area (Å²) in [5.74, 6) is -1.82. The van der Waals surface area contributed by atoms with Gasteiger partial charge in [-0.05, 0) is 31.4 Å². The Morgan fingerprint density at radius 3 is 2.64 bits per heavy atom. The number of rotatable bonds is 3. The van der Waals surface area contributed by atoms with Crippen molar-refractivity contribution in [3.63, 3.8) is 0 Å². The lowest BCUT2D eigenvalue weighted by Gasteiger charge is -2.12. The Labute approximate surface area is 167 Å². The van der Waals surface area contributed by atoms with Crippen LogP contribution in [0.25, 0.3) is 11.3 Å². The summed E-state index contributed by atoms with van der Waals surface area (Å²) in [5.41, 5.74) is 4.12. The topological polar surface area (TPSA) is 90.7 Å². The molecule has 0 saturated carbocycles. The molecule has 0 unspecified atom stereocenters. The Bertz CT molecular complexity index is 908. The van der Waals surface area contributed by atoms with Gasteiger partial charge in [-0.25, -0.2) is 14.6 Å². The molecule has 7 heteroatoms. The number of aliphatic carboxylic acids is 2. The van der Waals surface area contributed by atoms with Gasteiger partial charge in [0.05, 0.1) is 10.7 Å². The summed E-state index contributed by atoms with van der Waals surface area (Å²) in [7, 11) is 0. The average Bonchev–Trinajstić information content (AvgIpc) is 3.38. The number of benzene rings is 1. The van der Waals surface area contributed by atoms with Crippen LogP contribution in [0, 0.1) is 0 Å². The lowest BCUT2D eigenvalue weighted by atomic mass is 10.0. The molecule has 0 spiro atoms. The molecule has 2 aliphatic heterocycles. The minimum absolute atomic E-state index is 0.558. The van der Waals surface area contributed by atoms with Crippen molar-refractivity contribution in [1.82, 2.24) is 9.88 Å². The van der Waals surface area contributed by atoms with Gasteiger partial charge in [-0.3, -0.25) is 4.90 Å². The van der Waals surface area contributed by atoms with E-state index in [0.717, 1.165) is 12.5 Å². The molecule has 2 fully saturated rings. The molecule has 0 bridgehead atoms. The number of thiazole rings is 1. The van der Waals surface area contributed by atoms with E-state index >= 15 is 0 Å². The lowest BCUT2D eigenvalue weighted by molar-refractivity contribution is -0.134. The second-order valence-electron chi connectivity index (χ2n) is 7.39. The number of hydrogen-bond acceptors (Lipinski definition) is 5. The SMILES string of the molecule is O=C(O)C=CC(=O)O.c1ccc2c(c1)Cc1sc([C@H]3C[C@H]4CCCN4C3)nc1-2. The van der Waals surface area contributed by atoms with Crippen molar-refractivity contribution < 1.29 is 19.8 Å². The summed E-state index contributed by atoms with van der Waals surface area (Å²) in [5, 5.41) is 17.0. The monoisotopic (exact) mass is 398 g/mol.